The lowest BCUT2D eigenvalue weighted by Crippen LogP contribution is -2.53. The second-order valence-electron chi connectivity index (χ2n) is 8.14. The summed E-state index contributed by atoms with van der Waals surface area (Å²) in [6, 6.07) is 0. The van der Waals surface area contributed by atoms with E-state index in [1.54, 1.807) is 11.8 Å². The van der Waals surface area contributed by atoms with Crippen molar-refractivity contribution in [3.05, 3.63) is 11.0 Å². The van der Waals surface area contributed by atoms with Crippen molar-refractivity contribution in [2.24, 2.45) is 11.3 Å². The predicted molar refractivity (Wildman–Crippen MR) is 95.7 cm³/mol. The number of carbonyl (C=O) groups is 1. The van der Waals surface area contributed by atoms with Crippen LogP contribution in [0.3, 0.4) is 0 Å². The number of ether oxygens (including phenoxy) is 1. The Morgan fingerprint density at radius 3 is 2.62 bits per heavy atom. The summed E-state index contributed by atoms with van der Waals surface area (Å²) in [5, 5.41) is 14.8. The standard InChI is InChI=1S/C19H29NO3S/c21-17(23-15-12-18(13-15)7-9-20-10-8-18)19(22,14-4-1-2-5-14)16-6-3-11-24-16/h6,14-15,20,22H,1-5,7-13H2. The Balaban J connectivity index is 1.42. The van der Waals surface area contributed by atoms with Gasteiger partial charge in [0.05, 0.1) is 0 Å². The van der Waals surface area contributed by atoms with E-state index >= 15 is 0 Å². The topological polar surface area (TPSA) is 58.6 Å². The smallest absolute Gasteiger partial charge is 0.343 e. The van der Waals surface area contributed by atoms with Crippen LogP contribution in [0.5, 0.6) is 0 Å². The molecule has 0 bridgehead atoms. The molecule has 1 spiro atoms. The van der Waals surface area contributed by atoms with Crippen LogP contribution in [0.4, 0.5) is 0 Å². The SMILES string of the molecule is O=C(OC1CC2(CCNCC2)C1)C(O)(C1=CCCS1)C1CCCC1. The molecule has 0 radical (unpaired) electrons. The second-order valence-corrected chi connectivity index (χ2v) is 9.28. The van der Waals surface area contributed by atoms with Crippen LogP contribution in [-0.4, -0.2) is 41.6 Å². The molecule has 0 aromatic rings. The quantitative estimate of drug-likeness (QED) is 0.763. The highest BCUT2D eigenvalue weighted by Gasteiger charge is 2.53. The molecule has 4 rings (SSSR count). The summed E-state index contributed by atoms with van der Waals surface area (Å²) in [6.45, 7) is 2.16. The normalized spacial score (nSPS) is 30.0. The van der Waals surface area contributed by atoms with Gasteiger partial charge in [-0.2, -0.15) is 0 Å². The number of nitrogens with one attached hydrogen (secondary N) is 1. The van der Waals surface area contributed by atoms with E-state index in [0.29, 0.717) is 5.41 Å². The van der Waals surface area contributed by atoms with Crippen LogP contribution >= 0.6 is 11.8 Å². The van der Waals surface area contributed by atoms with E-state index in [9.17, 15) is 9.90 Å². The number of rotatable bonds is 4. The van der Waals surface area contributed by atoms with Crippen molar-refractivity contribution in [2.45, 2.75) is 69.5 Å². The van der Waals surface area contributed by atoms with Crippen LogP contribution in [0.15, 0.2) is 11.0 Å². The molecule has 134 valence electrons. The lowest BCUT2D eigenvalue weighted by molar-refractivity contribution is -0.184. The molecule has 0 aromatic heterocycles. The maximum Gasteiger partial charge on any atom is 0.343 e. The van der Waals surface area contributed by atoms with Crippen molar-refractivity contribution in [1.82, 2.24) is 5.32 Å². The average molecular weight is 352 g/mol. The van der Waals surface area contributed by atoms with Crippen molar-refractivity contribution >= 4 is 17.7 Å². The summed E-state index contributed by atoms with van der Waals surface area (Å²) in [5.41, 5.74) is -0.989. The van der Waals surface area contributed by atoms with Gasteiger partial charge in [0, 0.05) is 16.6 Å². The van der Waals surface area contributed by atoms with Gasteiger partial charge < -0.3 is 15.2 Å². The van der Waals surface area contributed by atoms with Crippen LogP contribution in [-0.2, 0) is 9.53 Å². The Morgan fingerprint density at radius 1 is 1.29 bits per heavy atom. The summed E-state index contributed by atoms with van der Waals surface area (Å²) in [5.74, 6) is 0.635. The largest absolute Gasteiger partial charge is 0.460 e. The summed E-state index contributed by atoms with van der Waals surface area (Å²) in [6.07, 6.45) is 11.4. The Labute approximate surface area is 148 Å². The summed E-state index contributed by atoms with van der Waals surface area (Å²) >= 11 is 1.64. The van der Waals surface area contributed by atoms with Gasteiger partial charge in [0.2, 0.25) is 0 Å². The second kappa shape index (κ2) is 6.65. The molecule has 3 fully saturated rings. The number of carbonyl (C=O) groups excluding carboxylic acids is 1. The number of hydrogen-bond acceptors (Lipinski definition) is 5. The van der Waals surface area contributed by atoms with Crippen molar-refractivity contribution in [3.63, 3.8) is 0 Å². The summed E-state index contributed by atoms with van der Waals surface area (Å²) in [4.78, 5) is 13.8. The van der Waals surface area contributed by atoms with Gasteiger partial charge in [-0.25, -0.2) is 4.79 Å². The number of piperidine rings is 1. The number of esters is 1. The first kappa shape index (κ1) is 16.9. The zero-order valence-corrected chi connectivity index (χ0v) is 15.2. The molecule has 2 aliphatic carbocycles. The van der Waals surface area contributed by atoms with Crippen molar-refractivity contribution in [2.75, 3.05) is 18.8 Å². The Bertz CT molecular complexity index is 515. The van der Waals surface area contributed by atoms with Gasteiger partial charge in [-0.1, -0.05) is 18.9 Å². The van der Waals surface area contributed by atoms with Crippen LogP contribution in [0, 0.1) is 11.3 Å². The highest BCUT2D eigenvalue weighted by molar-refractivity contribution is 8.03. The van der Waals surface area contributed by atoms with Gasteiger partial charge in [0.1, 0.15) is 6.10 Å². The predicted octanol–water partition coefficient (Wildman–Crippen LogP) is 3.00. The van der Waals surface area contributed by atoms with Gasteiger partial charge in [-0.05, 0) is 63.5 Å². The molecular formula is C19H29NO3S. The van der Waals surface area contributed by atoms with Crippen LogP contribution < -0.4 is 5.32 Å². The minimum atomic E-state index is -1.38. The minimum absolute atomic E-state index is 0.00975. The van der Waals surface area contributed by atoms with Crippen LogP contribution in [0.1, 0.15) is 57.8 Å². The lowest BCUT2D eigenvalue weighted by atomic mass is 9.61. The van der Waals surface area contributed by atoms with E-state index in [4.69, 9.17) is 4.74 Å². The molecule has 0 amide bonds. The first-order chi connectivity index (χ1) is 11.6. The van der Waals surface area contributed by atoms with E-state index in [0.717, 1.165) is 68.7 Å². The monoisotopic (exact) mass is 351 g/mol. The lowest BCUT2D eigenvalue weighted by Gasteiger charge is -2.50. The molecule has 0 aromatic carbocycles. The molecule has 4 nitrogen and oxygen atoms in total. The summed E-state index contributed by atoms with van der Waals surface area (Å²) < 4.78 is 5.84. The molecule has 2 aliphatic heterocycles. The highest BCUT2D eigenvalue weighted by atomic mass is 32.2. The fourth-order valence-electron chi connectivity index (χ4n) is 5.09. The Hall–Kier alpha value is -0.520. The molecule has 1 unspecified atom stereocenters. The Morgan fingerprint density at radius 2 is 2.00 bits per heavy atom. The maximum absolute atomic E-state index is 13.0. The summed E-state index contributed by atoms with van der Waals surface area (Å²) in [7, 11) is 0. The van der Waals surface area contributed by atoms with E-state index in [2.05, 4.69) is 11.4 Å². The van der Waals surface area contributed by atoms with E-state index in [1.165, 1.54) is 12.8 Å². The Kier molecular flexibility index (Phi) is 4.69. The van der Waals surface area contributed by atoms with Crippen LogP contribution in [0.2, 0.25) is 0 Å². The zero-order valence-electron chi connectivity index (χ0n) is 14.4. The molecule has 2 heterocycles. The van der Waals surface area contributed by atoms with Gasteiger partial charge in [0.25, 0.3) is 0 Å². The number of allylic oxidation sites excluding steroid dienone is 1. The molecule has 24 heavy (non-hydrogen) atoms. The number of thioether (sulfide) groups is 1. The number of aliphatic hydroxyl groups is 1. The van der Waals surface area contributed by atoms with Gasteiger partial charge >= 0.3 is 5.97 Å². The zero-order chi connectivity index (χ0) is 16.6. The average Bonchev–Trinajstić information content (AvgIpc) is 3.27. The van der Waals surface area contributed by atoms with Crippen molar-refractivity contribution < 1.29 is 14.6 Å². The van der Waals surface area contributed by atoms with E-state index < -0.39 is 5.60 Å². The van der Waals surface area contributed by atoms with Gasteiger partial charge in [0.15, 0.2) is 5.60 Å². The van der Waals surface area contributed by atoms with Gasteiger partial charge in [-0.15, -0.1) is 11.8 Å². The third kappa shape index (κ3) is 2.93. The molecule has 1 atom stereocenters. The molecule has 2 N–H and O–H groups in total. The first-order valence-corrected chi connectivity index (χ1v) is 10.6. The molecule has 2 saturated carbocycles. The van der Waals surface area contributed by atoms with E-state index in [-0.39, 0.29) is 18.0 Å². The minimum Gasteiger partial charge on any atom is -0.460 e. The fraction of sp³-hybridized carbons (Fsp3) is 0.842. The fourth-order valence-corrected chi connectivity index (χ4v) is 6.25. The van der Waals surface area contributed by atoms with Crippen molar-refractivity contribution in [3.8, 4) is 0 Å². The third-order valence-corrected chi connectivity index (χ3v) is 7.83. The molecule has 5 heteroatoms. The maximum atomic E-state index is 13.0. The molecule has 4 aliphatic rings. The molecule has 1 saturated heterocycles. The number of hydrogen-bond donors (Lipinski definition) is 2. The van der Waals surface area contributed by atoms with Gasteiger partial charge in [-0.3, -0.25) is 0 Å². The van der Waals surface area contributed by atoms with Crippen LogP contribution in [0.25, 0.3) is 0 Å². The third-order valence-electron chi connectivity index (χ3n) is 6.60. The molecular weight excluding hydrogens is 322 g/mol. The van der Waals surface area contributed by atoms with E-state index in [1.807, 2.05) is 0 Å². The highest BCUT2D eigenvalue weighted by Crippen LogP contribution is 2.51. The first-order valence-electron chi connectivity index (χ1n) is 9.60. The van der Waals surface area contributed by atoms with Crippen molar-refractivity contribution in [1.29, 1.82) is 0 Å².